The Kier molecular flexibility index (Phi) is 10.6. The number of hydrogen-bond donors (Lipinski definition) is 6. The molecule has 3 rings (SSSR count). The molecule has 3 aromatic rings. The molecule has 210 valence electrons. The molecule has 11 heteroatoms. The Bertz CT molecular complexity index is 1310. The van der Waals surface area contributed by atoms with Crippen molar-refractivity contribution < 1.29 is 38.9 Å². The number of halogens is 1. The van der Waals surface area contributed by atoms with Crippen LogP contribution in [0.1, 0.15) is 23.1 Å². The van der Waals surface area contributed by atoms with E-state index in [1.807, 2.05) is 0 Å². The summed E-state index contributed by atoms with van der Waals surface area (Å²) in [5.74, 6) is -3.46. The Balaban J connectivity index is 1.59. The van der Waals surface area contributed by atoms with E-state index in [4.69, 9.17) is 0 Å². The monoisotopic (exact) mass is 551 g/mol. The number of aryl methyl sites for hydroxylation is 1. The van der Waals surface area contributed by atoms with E-state index < -0.39 is 48.1 Å². The van der Waals surface area contributed by atoms with Gasteiger partial charge in [-0.2, -0.15) is 0 Å². The first kappa shape index (κ1) is 29.6. The second-order valence-corrected chi connectivity index (χ2v) is 9.16. The number of phenolic OH excluding ortho intramolecular Hbond substituents is 2. The Morgan fingerprint density at radius 1 is 0.675 bits per heavy atom. The highest BCUT2D eigenvalue weighted by Crippen LogP contribution is 2.13. The SMILES string of the molecule is O=C(CNC(=O)[C@H](Cc1ccc(O)cc1)NC(=O)CCc1ccc(F)cc1)N[C@@H](Cc1ccc(O)cc1)C(=O)O. The van der Waals surface area contributed by atoms with Crippen molar-refractivity contribution in [2.45, 2.75) is 37.8 Å². The lowest BCUT2D eigenvalue weighted by atomic mass is 10.0. The third kappa shape index (κ3) is 9.75. The number of carbonyl (C=O) groups excluding carboxylic acids is 3. The van der Waals surface area contributed by atoms with Crippen LogP contribution >= 0.6 is 0 Å². The summed E-state index contributed by atoms with van der Waals surface area (Å²) in [6.07, 6.45) is 0.375. The summed E-state index contributed by atoms with van der Waals surface area (Å²) < 4.78 is 13.1. The smallest absolute Gasteiger partial charge is 0.326 e. The van der Waals surface area contributed by atoms with Gasteiger partial charge in [-0.15, -0.1) is 0 Å². The number of carboxylic acid groups (broad SMARTS) is 1. The fraction of sp³-hybridized carbons (Fsp3) is 0.241. The van der Waals surface area contributed by atoms with Gasteiger partial charge in [-0.3, -0.25) is 14.4 Å². The van der Waals surface area contributed by atoms with Crippen LogP contribution in [0.4, 0.5) is 4.39 Å². The van der Waals surface area contributed by atoms with Crippen LogP contribution in [-0.2, 0) is 38.4 Å². The normalized spacial score (nSPS) is 12.1. The van der Waals surface area contributed by atoms with Gasteiger partial charge in [0.15, 0.2) is 0 Å². The molecule has 0 aliphatic carbocycles. The number of carboxylic acids is 1. The molecule has 40 heavy (non-hydrogen) atoms. The van der Waals surface area contributed by atoms with Crippen molar-refractivity contribution in [3.63, 3.8) is 0 Å². The summed E-state index contributed by atoms with van der Waals surface area (Å²) >= 11 is 0. The maximum Gasteiger partial charge on any atom is 0.326 e. The number of amides is 3. The molecule has 0 saturated heterocycles. The highest BCUT2D eigenvalue weighted by atomic mass is 19.1. The third-order valence-electron chi connectivity index (χ3n) is 6.01. The van der Waals surface area contributed by atoms with E-state index in [2.05, 4.69) is 16.0 Å². The van der Waals surface area contributed by atoms with E-state index in [1.165, 1.54) is 48.5 Å². The molecule has 10 nitrogen and oxygen atoms in total. The lowest BCUT2D eigenvalue weighted by Gasteiger charge is -2.20. The zero-order valence-corrected chi connectivity index (χ0v) is 21.5. The predicted octanol–water partition coefficient (Wildman–Crippen LogP) is 1.83. The number of aliphatic carboxylic acids is 1. The molecule has 0 aliphatic rings. The topological polar surface area (TPSA) is 165 Å². The van der Waals surface area contributed by atoms with Crippen molar-refractivity contribution >= 4 is 23.7 Å². The van der Waals surface area contributed by atoms with Crippen LogP contribution in [0, 0.1) is 5.82 Å². The highest BCUT2D eigenvalue weighted by Gasteiger charge is 2.24. The van der Waals surface area contributed by atoms with Gasteiger partial charge in [-0.05, 0) is 59.5 Å². The van der Waals surface area contributed by atoms with Crippen molar-refractivity contribution in [1.82, 2.24) is 16.0 Å². The molecule has 0 aromatic heterocycles. The van der Waals surface area contributed by atoms with E-state index in [0.29, 0.717) is 17.5 Å². The minimum absolute atomic E-state index is 0.0202. The van der Waals surface area contributed by atoms with Crippen molar-refractivity contribution in [3.05, 3.63) is 95.3 Å². The molecule has 2 atom stereocenters. The highest BCUT2D eigenvalue weighted by molar-refractivity contribution is 5.91. The van der Waals surface area contributed by atoms with Crippen molar-refractivity contribution in [1.29, 1.82) is 0 Å². The zero-order valence-electron chi connectivity index (χ0n) is 21.5. The quantitative estimate of drug-likeness (QED) is 0.189. The van der Waals surface area contributed by atoms with Gasteiger partial charge >= 0.3 is 5.97 Å². The van der Waals surface area contributed by atoms with E-state index in [9.17, 15) is 38.9 Å². The lowest BCUT2D eigenvalue weighted by molar-refractivity contribution is -0.141. The Morgan fingerprint density at radius 3 is 1.68 bits per heavy atom. The van der Waals surface area contributed by atoms with Crippen LogP contribution in [-0.4, -0.2) is 57.6 Å². The molecular formula is C29H30FN3O7. The van der Waals surface area contributed by atoms with Gasteiger partial charge in [0.1, 0.15) is 29.4 Å². The van der Waals surface area contributed by atoms with Gasteiger partial charge in [-0.25, -0.2) is 9.18 Å². The van der Waals surface area contributed by atoms with Crippen molar-refractivity contribution in [2.75, 3.05) is 6.54 Å². The van der Waals surface area contributed by atoms with Crippen molar-refractivity contribution in [3.8, 4) is 11.5 Å². The van der Waals surface area contributed by atoms with Crippen LogP contribution in [0.15, 0.2) is 72.8 Å². The minimum Gasteiger partial charge on any atom is -0.508 e. The first-order chi connectivity index (χ1) is 19.1. The van der Waals surface area contributed by atoms with Crippen LogP contribution in [0.3, 0.4) is 0 Å². The summed E-state index contributed by atoms with van der Waals surface area (Å²) in [7, 11) is 0. The Morgan fingerprint density at radius 2 is 1.15 bits per heavy atom. The fourth-order valence-electron chi connectivity index (χ4n) is 3.86. The molecule has 0 spiro atoms. The molecule has 0 radical (unpaired) electrons. The second-order valence-electron chi connectivity index (χ2n) is 9.16. The predicted molar refractivity (Wildman–Crippen MR) is 143 cm³/mol. The molecule has 6 N–H and O–H groups in total. The summed E-state index contributed by atoms with van der Waals surface area (Å²) in [6.45, 7) is -0.532. The maximum atomic E-state index is 13.1. The van der Waals surface area contributed by atoms with E-state index in [-0.39, 0.29) is 30.8 Å². The van der Waals surface area contributed by atoms with E-state index in [1.54, 1.807) is 24.3 Å². The molecule has 0 heterocycles. The number of phenols is 2. The van der Waals surface area contributed by atoms with Crippen LogP contribution in [0.5, 0.6) is 11.5 Å². The first-order valence-corrected chi connectivity index (χ1v) is 12.5. The number of carbonyl (C=O) groups is 4. The largest absolute Gasteiger partial charge is 0.508 e. The summed E-state index contributed by atoms with van der Waals surface area (Å²) in [6, 6.07) is 15.3. The van der Waals surface area contributed by atoms with E-state index in [0.717, 1.165) is 5.56 Å². The van der Waals surface area contributed by atoms with Gasteiger partial charge in [0.2, 0.25) is 17.7 Å². The minimum atomic E-state index is -1.27. The Hall–Kier alpha value is -4.93. The molecule has 3 amide bonds. The summed E-state index contributed by atoms with van der Waals surface area (Å²) in [5.41, 5.74) is 1.96. The standard InChI is InChI=1S/C29H30FN3O7/c30-21-8-1-18(2-9-21)7-14-26(36)32-24(15-19-3-10-22(34)11-4-19)28(38)31-17-27(37)33-25(29(39)40)16-20-5-12-23(35)13-6-20/h1-6,8-13,24-25,34-35H,7,14-17H2,(H,31,38)(H,32,36)(H,33,37)(H,39,40)/t24-,25-/m0/s1. The van der Waals surface area contributed by atoms with Gasteiger partial charge in [0.25, 0.3) is 0 Å². The van der Waals surface area contributed by atoms with Gasteiger partial charge in [0.05, 0.1) is 6.54 Å². The molecule has 0 saturated carbocycles. The Labute approximate surface area is 229 Å². The number of benzene rings is 3. The third-order valence-corrected chi connectivity index (χ3v) is 6.01. The average molecular weight is 552 g/mol. The van der Waals surface area contributed by atoms with Gasteiger partial charge < -0.3 is 31.3 Å². The van der Waals surface area contributed by atoms with Crippen LogP contribution in [0.2, 0.25) is 0 Å². The maximum absolute atomic E-state index is 13.1. The number of rotatable bonds is 13. The molecule has 0 unspecified atom stereocenters. The van der Waals surface area contributed by atoms with E-state index >= 15 is 0 Å². The molecule has 0 fully saturated rings. The van der Waals surface area contributed by atoms with Crippen LogP contribution in [0.25, 0.3) is 0 Å². The van der Waals surface area contributed by atoms with Crippen LogP contribution < -0.4 is 16.0 Å². The first-order valence-electron chi connectivity index (χ1n) is 12.5. The van der Waals surface area contributed by atoms with Crippen molar-refractivity contribution in [2.24, 2.45) is 0 Å². The molecule has 0 bridgehead atoms. The summed E-state index contributed by atoms with van der Waals surface area (Å²) in [4.78, 5) is 49.7. The second kappa shape index (κ2) is 14.3. The lowest BCUT2D eigenvalue weighted by Crippen LogP contribution is -2.51. The van der Waals surface area contributed by atoms with Gasteiger partial charge in [-0.1, -0.05) is 36.4 Å². The molecule has 0 aliphatic heterocycles. The molecule has 3 aromatic carbocycles. The number of nitrogens with one attached hydrogen (secondary N) is 3. The average Bonchev–Trinajstić information content (AvgIpc) is 2.93. The number of hydrogen-bond acceptors (Lipinski definition) is 6. The zero-order chi connectivity index (χ0) is 29.1. The fourth-order valence-corrected chi connectivity index (χ4v) is 3.86. The summed E-state index contributed by atoms with van der Waals surface area (Å²) in [5, 5.41) is 35.9. The number of aromatic hydroxyl groups is 2. The molecular weight excluding hydrogens is 521 g/mol. The van der Waals surface area contributed by atoms with Gasteiger partial charge in [0, 0.05) is 19.3 Å².